The zero-order valence-electron chi connectivity index (χ0n) is 23.0. The molecule has 2 saturated heterocycles. The van der Waals surface area contributed by atoms with Crippen LogP contribution >= 0.6 is 11.6 Å². The molecule has 1 N–H and O–H groups in total. The Morgan fingerprint density at radius 1 is 1.10 bits per heavy atom. The van der Waals surface area contributed by atoms with E-state index >= 15 is 0 Å². The molecule has 214 valence electrons. The Kier molecular flexibility index (Phi) is 10.0. The van der Waals surface area contributed by atoms with Crippen LogP contribution in [0, 0.1) is 11.8 Å². The minimum Gasteiger partial charge on any atom is -0.481 e. The Morgan fingerprint density at radius 2 is 1.87 bits per heavy atom. The Balaban J connectivity index is 1.37. The number of methoxy groups -OCH3 is 2. The predicted molar refractivity (Wildman–Crippen MR) is 147 cm³/mol. The van der Waals surface area contributed by atoms with E-state index < -0.39 is 5.97 Å². The molecular weight excluding hydrogens is 526 g/mol. The summed E-state index contributed by atoms with van der Waals surface area (Å²) in [7, 11) is 3.25. The number of hydrogen-bond donors (Lipinski definition) is 1. The van der Waals surface area contributed by atoms with Crippen LogP contribution in [0.15, 0.2) is 24.7 Å². The fourth-order valence-electron chi connectivity index (χ4n) is 5.38. The van der Waals surface area contributed by atoms with E-state index in [1.807, 2.05) is 17.9 Å². The van der Waals surface area contributed by atoms with Gasteiger partial charge in [0.15, 0.2) is 0 Å². The molecule has 2 aliphatic heterocycles. The van der Waals surface area contributed by atoms with Crippen LogP contribution in [0.2, 0.25) is 5.02 Å². The Bertz CT molecular complexity index is 1090. The van der Waals surface area contributed by atoms with Crippen LogP contribution < -0.4 is 19.3 Å². The van der Waals surface area contributed by atoms with Gasteiger partial charge in [0.1, 0.15) is 6.10 Å². The standard InChI is InChI=1S/C27H38ClN5O6/c1-17-15-32(22-10-25(37-4)29-14-20(22)28)7-6-23(17)39-27-30-12-19(13-31-27)33-16-24(38-9-5-8-36-3)18(2)21(33)11-26(34)35/h10,12-14,17-18,21,23-24H,5-9,11,15-16H2,1-4H3,(H,34,35)/t17-,18-,21-,23+,24-/m0/s1. The van der Waals surface area contributed by atoms with E-state index in [1.54, 1.807) is 32.8 Å². The minimum atomic E-state index is -0.843. The topological polar surface area (TPSA) is 119 Å². The van der Waals surface area contributed by atoms with Crippen molar-refractivity contribution in [3.8, 4) is 11.9 Å². The Morgan fingerprint density at radius 3 is 2.54 bits per heavy atom. The van der Waals surface area contributed by atoms with Crippen LogP contribution in [-0.2, 0) is 14.3 Å². The fraction of sp³-hybridized carbons (Fsp3) is 0.630. The van der Waals surface area contributed by atoms with Crippen LogP contribution in [0.5, 0.6) is 11.9 Å². The van der Waals surface area contributed by atoms with Gasteiger partial charge in [0.25, 0.3) is 0 Å². The van der Waals surface area contributed by atoms with Crippen LogP contribution in [0.4, 0.5) is 11.4 Å². The van der Waals surface area contributed by atoms with Gasteiger partial charge >= 0.3 is 12.0 Å². The van der Waals surface area contributed by atoms with E-state index in [1.165, 1.54) is 0 Å². The van der Waals surface area contributed by atoms with Crippen molar-refractivity contribution < 1.29 is 28.8 Å². The third-order valence-electron chi connectivity index (χ3n) is 7.57. The number of aromatic nitrogens is 3. The smallest absolute Gasteiger partial charge is 0.316 e. The summed E-state index contributed by atoms with van der Waals surface area (Å²) >= 11 is 6.40. The zero-order chi connectivity index (χ0) is 27.9. The summed E-state index contributed by atoms with van der Waals surface area (Å²) in [6.45, 7) is 7.45. The van der Waals surface area contributed by atoms with Gasteiger partial charge < -0.3 is 33.9 Å². The molecular formula is C27H38ClN5O6. The lowest BCUT2D eigenvalue weighted by atomic mass is 9.96. The number of aliphatic carboxylic acids is 1. The van der Waals surface area contributed by atoms with Gasteiger partial charge in [0, 0.05) is 70.3 Å². The number of anilines is 2. The van der Waals surface area contributed by atoms with E-state index in [0.717, 1.165) is 37.3 Å². The van der Waals surface area contributed by atoms with Gasteiger partial charge in [-0.05, 0) is 6.42 Å². The van der Waals surface area contributed by atoms with E-state index in [4.69, 9.17) is 30.5 Å². The maximum atomic E-state index is 11.6. The normalized spacial score (nSPS) is 25.1. The molecule has 5 atom stereocenters. The van der Waals surface area contributed by atoms with Crippen molar-refractivity contribution in [3.05, 3.63) is 29.7 Å². The SMILES string of the molecule is COCCCO[C@H]1CN(c2cnc(O[C@@H]3CCN(c4cc(OC)ncc4Cl)C[C@@H]3C)nc2)[C@@H](CC(=O)O)[C@@H]1C. The number of carboxylic acids is 1. The molecule has 2 aromatic rings. The van der Waals surface area contributed by atoms with Crippen molar-refractivity contribution in [2.24, 2.45) is 11.8 Å². The molecule has 2 aromatic heterocycles. The monoisotopic (exact) mass is 563 g/mol. The fourth-order valence-corrected chi connectivity index (χ4v) is 5.60. The van der Waals surface area contributed by atoms with Crippen LogP contribution in [0.3, 0.4) is 0 Å². The average molecular weight is 564 g/mol. The van der Waals surface area contributed by atoms with Crippen molar-refractivity contribution in [1.82, 2.24) is 15.0 Å². The molecule has 2 aliphatic rings. The Labute approximate surface area is 234 Å². The number of ether oxygens (including phenoxy) is 4. The number of pyridine rings is 1. The summed E-state index contributed by atoms with van der Waals surface area (Å²) in [6.07, 6.45) is 6.48. The second-order valence-corrected chi connectivity index (χ2v) is 10.6. The highest BCUT2D eigenvalue weighted by atomic mass is 35.5. The van der Waals surface area contributed by atoms with Crippen molar-refractivity contribution in [3.63, 3.8) is 0 Å². The molecule has 11 nitrogen and oxygen atoms in total. The largest absolute Gasteiger partial charge is 0.481 e. The molecule has 4 heterocycles. The van der Waals surface area contributed by atoms with Crippen LogP contribution in [0.25, 0.3) is 0 Å². The lowest BCUT2D eigenvalue weighted by Crippen LogP contribution is -2.44. The van der Waals surface area contributed by atoms with Gasteiger partial charge in [-0.3, -0.25) is 4.79 Å². The number of hydrogen-bond acceptors (Lipinski definition) is 10. The van der Waals surface area contributed by atoms with E-state index in [-0.39, 0.29) is 36.5 Å². The average Bonchev–Trinajstić information content (AvgIpc) is 3.22. The summed E-state index contributed by atoms with van der Waals surface area (Å²) < 4.78 is 22.6. The summed E-state index contributed by atoms with van der Waals surface area (Å²) in [5.74, 6) is -0.0763. The number of rotatable bonds is 12. The van der Waals surface area contributed by atoms with Gasteiger partial charge in [-0.2, -0.15) is 0 Å². The first-order valence-corrected chi connectivity index (χ1v) is 13.7. The quantitative estimate of drug-likeness (QED) is 0.382. The highest BCUT2D eigenvalue weighted by molar-refractivity contribution is 6.33. The molecule has 0 amide bonds. The maximum absolute atomic E-state index is 11.6. The minimum absolute atomic E-state index is 0.0147. The molecule has 0 unspecified atom stereocenters. The first-order chi connectivity index (χ1) is 18.8. The third-order valence-corrected chi connectivity index (χ3v) is 7.86. The number of carboxylic acid groups (broad SMARTS) is 1. The van der Waals surface area contributed by atoms with Crippen LogP contribution in [0.1, 0.15) is 33.1 Å². The lowest BCUT2D eigenvalue weighted by Gasteiger charge is -2.38. The molecule has 0 saturated carbocycles. The third kappa shape index (κ3) is 7.20. The highest BCUT2D eigenvalue weighted by Crippen LogP contribution is 2.35. The van der Waals surface area contributed by atoms with Crippen molar-refractivity contribution in [1.29, 1.82) is 0 Å². The van der Waals surface area contributed by atoms with E-state index in [2.05, 4.69) is 26.8 Å². The van der Waals surface area contributed by atoms with Crippen molar-refractivity contribution in [2.75, 3.05) is 56.9 Å². The van der Waals surface area contributed by atoms with Crippen molar-refractivity contribution in [2.45, 2.75) is 51.4 Å². The molecule has 0 radical (unpaired) electrons. The molecule has 0 spiro atoms. The van der Waals surface area contributed by atoms with Crippen molar-refractivity contribution >= 4 is 28.9 Å². The van der Waals surface area contributed by atoms with Gasteiger partial charge in [-0.1, -0.05) is 25.4 Å². The van der Waals surface area contributed by atoms with Gasteiger partial charge in [-0.25, -0.2) is 15.0 Å². The van der Waals surface area contributed by atoms with Gasteiger partial charge in [0.05, 0.1) is 54.6 Å². The first kappa shape index (κ1) is 29.1. The summed E-state index contributed by atoms with van der Waals surface area (Å²) in [5.41, 5.74) is 1.65. The maximum Gasteiger partial charge on any atom is 0.316 e. The van der Waals surface area contributed by atoms with E-state index in [9.17, 15) is 9.90 Å². The molecule has 0 bridgehead atoms. The van der Waals surface area contributed by atoms with E-state index in [0.29, 0.717) is 36.7 Å². The molecule has 0 aromatic carbocycles. The summed E-state index contributed by atoms with van der Waals surface area (Å²) in [4.78, 5) is 29.0. The zero-order valence-corrected chi connectivity index (χ0v) is 23.7. The molecule has 39 heavy (non-hydrogen) atoms. The van der Waals surface area contributed by atoms with Crippen LogP contribution in [-0.4, -0.2) is 91.3 Å². The number of piperidine rings is 1. The molecule has 4 rings (SSSR count). The molecule has 2 fully saturated rings. The summed E-state index contributed by atoms with van der Waals surface area (Å²) in [5, 5.41) is 10.1. The lowest BCUT2D eigenvalue weighted by molar-refractivity contribution is -0.137. The number of nitrogens with zero attached hydrogens (tertiary/aromatic N) is 5. The number of carbonyl (C=O) groups is 1. The molecule has 0 aliphatic carbocycles. The number of halogens is 1. The summed E-state index contributed by atoms with van der Waals surface area (Å²) in [6, 6.07) is 1.94. The van der Waals surface area contributed by atoms with Gasteiger partial charge in [-0.15, -0.1) is 0 Å². The van der Waals surface area contributed by atoms with Gasteiger partial charge in [0.2, 0.25) is 5.88 Å². The molecule has 12 heteroatoms. The Hall–Kier alpha value is -2.89. The second kappa shape index (κ2) is 13.5. The second-order valence-electron chi connectivity index (χ2n) is 10.2. The first-order valence-electron chi connectivity index (χ1n) is 13.3. The highest BCUT2D eigenvalue weighted by Gasteiger charge is 2.41. The predicted octanol–water partition coefficient (Wildman–Crippen LogP) is 3.55.